The van der Waals surface area contributed by atoms with Crippen molar-refractivity contribution in [2.24, 2.45) is 0 Å². The molecule has 5 heteroatoms. The van der Waals surface area contributed by atoms with E-state index in [2.05, 4.69) is 5.32 Å². The minimum absolute atomic E-state index is 0.0584. The molecule has 0 saturated heterocycles. The maximum Gasteiger partial charge on any atom is 0.127 e. The summed E-state index contributed by atoms with van der Waals surface area (Å²) in [5, 5.41) is 4.07. The Kier molecular flexibility index (Phi) is 3.72. The van der Waals surface area contributed by atoms with E-state index < -0.39 is 0 Å². The van der Waals surface area contributed by atoms with E-state index in [0.717, 1.165) is 38.6 Å². The lowest BCUT2D eigenvalue weighted by Gasteiger charge is -2.18. The van der Waals surface area contributed by atoms with Crippen LogP contribution in [0.1, 0.15) is 22.0 Å². The third-order valence-electron chi connectivity index (χ3n) is 3.26. The molecule has 2 nitrogen and oxygen atoms in total. The van der Waals surface area contributed by atoms with Crippen LogP contribution in [0, 0.1) is 0 Å². The fourth-order valence-electron chi connectivity index (χ4n) is 2.45. The van der Waals surface area contributed by atoms with E-state index in [1.165, 1.54) is 5.56 Å². The summed E-state index contributed by atoms with van der Waals surface area (Å²) < 4.78 is 6.56. The van der Waals surface area contributed by atoms with Gasteiger partial charge in [0.05, 0.1) is 17.0 Å². The average Bonchev–Trinajstić information content (AvgIpc) is 2.99. The highest BCUT2D eigenvalue weighted by molar-refractivity contribution is 7.16. The Labute approximate surface area is 126 Å². The molecule has 0 fully saturated rings. The van der Waals surface area contributed by atoms with Crippen LogP contribution in [0.15, 0.2) is 24.3 Å². The molecular formula is C14H13Cl2NOS. The molecule has 1 atom stereocenters. The highest BCUT2D eigenvalue weighted by atomic mass is 35.5. The van der Waals surface area contributed by atoms with E-state index in [4.69, 9.17) is 27.9 Å². The lowest BCUT2D eigenvalue weighted by Crippen LogP contribution is -2.17. The van der Waals surface area contributed by atoms with Gasteiger partial charge in [-0.25, -0.2) is 0 Å². The highest BCUT2D eigenvalue weighted by Gasteiger charge is 2.24. The Balaban J connectivity index is 2.09. The molecule has 0 aliphatic carbocycles. The van der Waals surface area contributed by atoms with Crippen LogP contribution in [-0.2, 0) is 6.42 Å². The number of hydrogen-bond donors (Lipinski definition) is 1. The van der Waals surface area contributed by atoms with E-state index >= 15 is 0 Å². The van der Waals surface area contributed by atoms with Gasteiger partial charge >= 0.3 is 0 Å². The quantitative estimate of drug-likeness (QED) is 0.912. The summed E-state index contributed by atoms with van der Waals surface area (Å²) in [6.45, 7) is 0.726. The molecule has 0 spiro atoms. The molecule has 0 amide bonds. The molecular weight excluding hydrogens is 301 g/mol. The van der Waals surface area contributed by atoms with Crippen molar-refractivity contribution in [1.82, 2.24) is 5.32 Å². The second-order valence-corrected chi connectivity index (χ2v) is 6.63. The maximum atomic E-state index is 6.22. The van der Waals surface area contributed by atoms with Crippen LogP contribution in [0.5, 0.6) is 5.75 Å². The normalized spacial score (nSPS) is 15.1. The second-order valence-electron chi connectivity index (χ2n) is 4.45. The Bertz CT molecular complexity index is 611. The van der Waals surface area contributed by atoms with Crippen molar-refractivity contribution < 1.29 is 4.74 Å². The lowest BCUT2D eigenvalue weighted by atomic mass is 10.0. The summed E-state index contributed by atoms with van der Waals surface area (Å²) >= 11 is 13.8. The highest BCUT2D eigenvalue weighted by Crippen LogP contribution is 2.40. The van der Waals surface area contributed by atoms with Crippen LogP contribution < -0.4 is 10.1 Å². The summed E-state index contributed by atoms with van der Waals surface area (Å²) in [4.78, 5) is 1.16. The number of thiophene rings is 1. The molecule has 1 aromatic carbocycles. The van der Waals surface area contributed by atoms with E-state index in [0.29, 0.717) is 0 Å². The van der Waals surface area contributed by atoms with Gasteiger partial charge in [0.1, 0.15) is 5.75 Å². The third-order valence-corrected chi connectivity index (χ3v) is 4.77. The van der Waals surface area contributed by atoms with E-state index in [1.807, 2.05) is 31.3 Å². The molecule has 0 saturated carbocycles. The largest absolute Gasteiger partial charge is 0.493 e. The van der Waals surface area contributed by atoms with Gasteiger partial charge in [-0.05, 0) is 36.9 Å². The van der Waals surface area contributed by atoms with Crippen molar-refractivity contribution in [3.8, 4) is 5.75 Å². The standard InChI is InChI=1S/C14H13Cl2NOS/c1-17-13(11-2-3-12(16)19-11)10-7-9(15)6-8-4-5-18-14(8)10/h2-3,6-7,13,17H,4-5H2,1H3. The van der Waals surface area contributed by atoms with Crippen molar-refractivity contribution in [2.45, 2.75) is 12.5 Å². The van der Waals surface area contributed by atoms with Crippen LogP contribution in [-0.4, -0.2) is 13.7 Å². The first-order valence-electron chi connectivity index (χ1n) is 6.06. The van der Waals surface area contributed by atoms with Crippen LogP contribution in [0.3, 0.4) is 0 Å². The number of fused-ring (bicyclic) bond motifs is 1. The predicted octanol–water partition coefficient (Wildman–Crippen LogP) is 4.30. The SMILES string of the molecule is CNC(c1ccc(Cl)s1)c1cc(Cl)cc2c1OCC2. The molecule has 1 unspecified atom stereocenters. The van der Waals surface area contributed by atoms with Gasteiger partial charge in [-0.2, -0.15) is 0 Å². The molecule has 19 heavy (non-hydrogen) atoms. The zero-order chi connectivity index (χ0) is 13.4. The van der Waals surface area contributed by atoms with Crippen LogP contribution >= 0.6 is 34.5 Å². The number of halogens is 2. The molecule has 100 valence electrons. The zero-order valence-corrected chi connectivity index (χ0v) is 12.7. The molecule has 0 bridgehead atoms. The predicted molar refractivity (Wildman–Crippen MR) is 80.9 cm³/mol. The number of rotatable bonds is 3. The number of benzene rings is 1. The molecule has 2 heterocycles. The maximum absolute atomic E-state index is 6.22. The van der Waals surface area contributed by atoms with Gasteiger partial charge in [0.15, 0.2) is 0 Å². The lowest BCUT2D eigenvalue weighted by molar-refractivity contribution is 0.351. The number of hydrogen-bond acceptors (Lipinski definition) is 3. The van der Waals surface area contributed by atoms with Crippen LogP contribution in [0.25, 0.3) is 0 Å². The molecule has 1 aliphatic heterocycles. The van der Waals surface area contributed by atoms with Gasteiger partial charge in [-0.15, -0.1) is 11.3 Å². The van der Waals surface area contributed by atoms with Gasteiger partial charge in [-0.3, -0.25) is 0 Å². The van der Waals surface area contributed by atoms with Crippen LogP contribution in [0.2, 0.25) is 9.36 Å². The van der Waals surface area contributed by atoms with Gasteiger partial charge in [0.2, 0.25) is 0 Å². The molecule has 3 rings (SSSR count). The minimum atomic E-state index is 0.0584. The van der Waals surface area contributed by atoms with Gasteiger partial charge in [0, 0.05) is 21.9 Å². The van der Waals surface area contributed by atoms with Crippen molar-refractivity contribution in [3.63, 3.8) is 0 Å². The first-order valence-corrected chi connectivity index (χ1v) is 7.64. The first-order chi connectivity index (χ1) is 9.19. The fourth-order valence-corrected chi connectivity index (χ4v) is 3.89. The Morgan fingerprint density at radius 2 is 2.16 bits per heavy atom. The number of nitrogens with one attached hydrogen (secondary N) is 1. The number of ether oxygens (including phenoxy) is 1. The first kappa shape index (κ1) is 13.3. The fraction of sp³-hybridized carbons (Fsp3) is 0.286. The summed E-state index contributed by atoms with van der Waals surface area (Å²) in [6, 6.07) is 7.97. The monoisotopic (exact) mass is 313 g/mol. The smallest absolute Gasteiger partial charge is 0.127 e. The van der Waals surface area contributed by atoms with Crippen molar-refractivity contribution >= 4 is 34.5 Å². The summed E-state index contributed by atoms with van der Waals surface area (Å²) in [5.41, 5.74) is 2.27. The van der Waals surface area contributed by atoms with Crippen molar-refractivity contribution in [3.05, 3.63) is 49.6 Å². The zero-order valence-electron chi connectivity index (χ0n) is 10.4. The molecule has 1 aromatic heterocycles. The van der Waals surface area contributed by atoms with E-state index in [-0.39, 0.29) is 6.04 Å². The van der Waals surface area contributed by atoms with Crippen molar-refractivity contribution in [1.29, 1.82) is 0 Å². The molecule has 0 radical (unpaired) electrons. The van der Waals surface area contributed by atoms with Crippen molar-refractivity contribution in [2.75, 3.05) is 13.7 Å². The summed E-state index contributed by atoms with van der Waals surface area (Å²) in [5.74, 6) is 0.966. The molecule has 1 N–H and O–H groups in total. The topological polar surface area (TPSA) is 21.3 Å². The summed E-state index contributed by atoms with van der Waals surface area (Å²) in [7, 11) is 1.93. The third kappa shape index (κ3) is 2.48. The Morgan fingerprint density at radius 1 is 1.32 bits per heavy atom. The van der Waals surface area contributed by atoms with Gasteiger partial charge in [-0.1, -0.05) is 23.2 Å². The second kappa shape index (κ2) is 5.33. The molecule has 2 aromatic rings. The molecule has 1 aliphatic rings. The minimum Gasteiger partial charge on any atom is -0.493 e. The van der Waals surface area contributed by atoms with Crippen LogP contribution in [0.4, 0.5) is 0 Å². The summed E-state index contributed by atoms with van der Waals surface area (Å²) in [6.07, 6.45) is 0.921. The Hall–Kier alpha value is -0.740. The van der Waals surface area contributed by atoms with Gasteiger partial charge in [0.25, 0.3) is 0 Å². The Morgan fingerprint density at radius 3 is 2.84 bits per heavy atom. The van der Waals surface area contributed by atoms with E-state index in [1.54, 1.807) is 11.3 Å². The average molecular weight is 314 g/mol. The van der Waals surface area contributed by atoms with Gasteiger partial charge < -0.3 is 10.1 Å². The van der Waals surface area contributed by atoms with E-state index in [9.17, 15) is 0 Å².